The second-order valence-electron chi connectivity index (χ2n) is 9.54. The number of nitrogens with zero attached hydrogens (tertiary/aromatic N) is 2. The van der Waals surface area contributed by atoms with Gasteiger partial charge in [0.1, 0.15) is 6.54 Å². The predicted molar refractivity (Wildman–Crippen MR) is 148 cm³/mol. The lowest BCUT2D eigenvalue weighted by Crippen LogP contribution is -2.41. The molecule has 224 valence electrons. The molecule has 0 radical (unpaired) electrons. The number of carbonyl (C=O) groups excluding carboxylic acids is 2. The summed E-state index contributed by atoms with van der Waals surface area (Å²) in [7, 11) is -1.88. The van der Waals surface area contributed by atoms with Gasteiger partial charge in [-0.1, -0.05) is 30.3 Å². The van der Waals surface area contributed by atoms with Crippen LogP contribution in [0.4, 0.5) is 18.9 Å². The minimum absolute atomic E-state index is 0.0177. The maximum absolute atomic E-state index is 13.8. The average Bonchev–Trinajstić information content (AvgIpc) is 3.38. The summed E-state index contributed by atoms with van der Waals surface area (Å²) in [6, 6.07) is 14.7. The molecule has 0 unspecified atom stereocenters. The molecular formula is C29H30F3N3O6S. The highest BCUT2D eigenvalue weighted by molar-refractivity contribution is 7.92. The number of likely N-dealkylation sites (tertiary alicyclic amines) is 1. The molecular weight excluding hydrogens is 575 g/mol. The summed E-state index contributed by atoms with van der Waals surface area (Å²) in [5.41, 5.74) is 0.126. The Bertz CT molecular complexity index is 1560. The number of methoxy groups -OCH3 is 2. The molecule has 0 aromatic heterocycles. The van der Waals surface area contributed by atoms with Crippen molar-refractivity contribution in [3.8, 4) is 11.5 Å². The van der Waals surface area contributed by atoms with Crippen LogP contribution in [-0.4, -0.2) is 52.4 Å². The van der Waals surface area contributed by atoms with E-state index in [1.165, 1.54) is 38.5 Å². The zero-order valence-electron chi connectivity index (χ0n) is 23.0. The van der Waals surface area contributed by atoms with Crippen LogP contribution in [0.15, 0.2) is 71.6 Å². The molecule has 1 aliphatic heterocycles. The first-order valence-corrected chi connectivity index (χ1v) is 14.4. The fourth-order valence-electron chi connectivity index (χ4n) is 4.60. The molecule has 1 saturated heterocycles. The summed E-state index contributed by atoms with van der Waals surface area (Å²) in [6.07, 6.45) is -3.48. The molecule has 0 aliphatic carbocycles. The van der Waals surface area contributed by atoms with Crippen molar-refractivity contribution in [1.82, 2.24) is 10.2 Å². The monoisotopic (exact) mass is 605 g/mol. The molecule has 42 heavy (non-hydrogen) atoms. The maximum atomic E-state index is 13.8. The Labute approximate surface area is 241 Å². The van der Waals surface area contributed by atoms with Crippen molar-refractivity contribution in [3.05, 3.63) is 83.4 Å². The lowest BCUT2D eigenvalue weighted by atomic mass is 10.1. The highest BCUT2D eigenvalue weighted by Gasteiger charge is 2.33. The number of amides is 2. The van der Waals surface area contributed by atoms with E-state index >= 15 is 0 Å². The molecule has 0 spiro atoms. The van der Waals surface area contributed by atoms with Crippen LogP contribution in [0.3, 0.4) is 0 Å². The number of hydrogen-bond donors (Lipinski definition) is 1. The van der Waals surface area contributed by atoms with Crippen molar-refractivity contribution >= 4 is 27.5 Å². The first-order chi connectivity index (χ1) is 19.9. The predicted octanol–water partition coefficient (Wildman–Crippen LogP) is 4.36. The van der Waals surface area contributed by atoms with Gasteiger partial charge in [-0.2, -0.15) is 13.2 Å². The third-order valence-corrected chi connectivity index (χ3v) is 8.59. The van der Waals surface area contributed by atoms with Gasteiger partial charge in [-0.3, -0.25) is 13.9 Å². The first-order valence-electron chi connectivity index (χ1n) is 13.0. The Morgan fingerprint density at radius 1 is 0.976 bits per heavy atom. The largest absolute Gasteiger partial charge is 0.493 e. The number of anilines is 1. The molecule has 0 saturated carbocycles. The van der Waals surface area contributed by atoms with Gasteiger partial charge in [0.25, 0.3) is 10.0 Å². The Morgan fingerprint density at radius 2 is 1.69 bits per heavy atom. The number of halogens is 3. The Hall–Kier alpha value is -4.26. The summed E-state index contributed by atoms with van der Waals surface area (Å²) >= 11 is 0. The van der Waals surface area contributed by atoms with E-state index in [4.69, 9.17) is 9.47 Å². The zero-order chi connectivity index (χ0) is 30.5. The summed E-state index contributed by atoms with van der Waals surface area (Å²) < 4.78 is 79.1. The minimum atomic E-state index is -4.74. The molecule has 0 atom stereocenters. The van der Waals surface area contributed by atoms with Crippen LogP contribution >= 0.6 is 0 Å². The summed E-state index contributed by atoms with van der Waals surface area (Å²) in [5.74, 6) is -0.372. The second-order valence-corrected chi connectivity index (χ2v) is 11.4. The van der Waals surface area contributed by atoms with Crippen LogP contribution in [0.2, 0.25) is 0 Å². The van der Waals surface area contributed by atoms with E-state index in [1.807, 2.05) is 12.1 Å². The van der Waals surface area contributed by atoms with Crippen LogP contribution in [0.5, 0.6) is 11.5 Å². The lowest BCUT2D eigenvalue weighted by molar-refractivity contribution is -0.137. The number of sulfonamides is 1. The third kappa shape index (κ3) is 6.96. The minimum Gasteiger partial charge on any atom is -0.493 e. The number of hydrogen-bond acceptors (Lipinski definition) is 6. The molecule has 1 heterocycles. The highest BCUT2D eigenvalue weighted by atomic mass is 32.2. The molecule has 4 rings (SSSR count). The fourth-order valence-corrected chi connectivity index (χ4v) is 6.03. The van der Waals surface area contributed by atoms with Crippen LogP contribution in [0, 0.1) is 0 Å². The van der Waals surface area contributed by atoms with Crippen LogP contribution in [0.1, 0.15) is 29.5 Å². The van der Waals surface area contributed by atoms with E-state index in [0.29, 0.717) is 29.9 Å². The number of carbonyl (C=O) groups is 2. The third-order valence-electron chi connectivity index (χ3n) is 6.82. The van der Waals surface area contributed by atoms with E-state index in [0.717, 1.165) is 29.7 Å². The normalized spacial score (nSPS) is 13.6. The van der Waals surface area contributed by atoms with Crippen LogP contribution < -0.4 is 19.1 Å². The SMILES string of the molecule is COc1ccc(S(=O)(=O)N(CC(=O)NCc2ccccc2CN2CCCC2=O)c2cccc(C(F)(F)F)c2)cc1OC. The van der Waals surface area contributed by atoms with E-state index in [-0.39, 0.29) is 34.5 Å². The van der Waals surface area contributed by atoms with Gasteiger partial charge in [-0.15, -0.1) is 0 Å². The molecule has 3 aromatic rings. The van der Waals surface area contributed by atoms with E-state index in [9.17, 15) is 31.2 Å². The van der Waals surface area contributed by atoms with Crippen molar-refractivity contribution in [2.45, 2.75) is 37.0 Å². The molecule has 1 fully saturated rings. The van der Waals surface area contributed by atoms with Gasteiger partial charge in [0.2, 0.25) is 11.8 Å². The van der Waals surface area contributed by atoms with Gasteiger partial charge in [-0.25, -0.2) is 8.42 Å². The van der Waals surface area contributed by atoms with Gasteiger partial charge in [-0.05, 0) is 47.9 Å². The van der Waals surface area contributed by atoms with Gasteiger partial charge in [0.05, 0.1) is 30.4 Å². The fraction of sp³-hybridized carbons (Fsp3) is 0.310. The van der Waals surface area contributed by atoms with Crippen molar-refractivity contribution in [1.29, 1.82) is 0 Å². The van der Waals surface area contributed by atoms with Crippen molar-refractivity contribution < 1.29 is 40.7 Å². The molecule has 3 aromatic carbocycles. The lowest BCUT2D eigenvalue weighted by Gasteiger charge is -2.25. The zero-order valence-corrected chi connectivity index (χ0v) is 23.8. The summed E-state index contributed by atoms with van der Waals surface area (Å²) in [4.78, 5) is 26.7. The quantitative estimate of drug-likeness (QED) is 0.349. The Morgan fingerprint density at radius 3 is 2.33 bits per heavy atom. The maximum Gasteiger partial charge on any atom is 0.416 e. The van der Waals surface area contributed by atoms with Crippen molar-refractivity contribution in [3.63, 3.8) is 0 Å². The molecule has 2 amide bonds. The standard InChI is InChI=1S/C29H30F3N3O6S/c1-40-25-13-12-24(16-26(25)41-2)42(38,39)35(23-10-5-9-22(15-23)29(30,31)32)19-27(36)33-17-20-7-3-4-8-21(20)18-34-14-6-11-28(34)37/h3-5,7-10,12-13,15-16H,6,11,14,17-19H2,1-2H3,(H,33,36). The van der Waals surface area contributed by atoms with E-state index < -0.39 is 34.2 Å². The summed E-state index contributed by atoms with van der Waals surface area (Å²) in [5, 5.41) is 2.67. The molecule has 13 heteroatoms. The number of nitrogens with one attached hydrogen (secondary N) is 1. The number of alkyl halides is 3. The molecule has 1 aliphatic rings. The second kappa shape index (κ2) is 12.7. The molecule has 9 nitrogen and oxygen atoms in total. The van der Waals surface area contributed by atoms with Gasteiger partial charge in [0, 0.05) is 32.1 Å². The smallest absolute Gasteiger partial charge is 0.416 e. The first kappa shape index (κ1) is 30.7. The number of benzene rings is 3. The Balaban J connectivity index is 1.62. The van der Waals surface area contributed by atoms with Gasteiger partial charge >= 0.3 is 6.18 Å². The Kier molecular flexibility index (Phi) is 9.30. The van der Waals surface area contributed by atoms with Gasteiger partial charge in [0.15, 0.2) is 11.5 Å². The summed E-state index contributed by atoms with van der Waals surface area (Å²) in [6.45, 7) is 0.225. The van der Waals surface area contributed by atoms with Crippen LogP contribution in [-0.2, 0) is 38.9 Å². The molecule has 0 bridgehead atoms. The van der Waals surface area contributed by atoms with Crippen molar-refractivity contribution in [2.24, 2.45) is 0 Å². The average molecular weight is 606 g/mol. The topological polar surface area (TPSA) is 105 Å². The number of rotatable bonds is 11. The van der Waals surface area contributed by atoms with E-state index in [1.54, 1.807) is 17.0 Å². The van der Waals surface area contributed by atoms with E-state index in [2.05, 4.69) is 5.32 Å². The van der Waals surface area contributed by atoms with Crippen LogP contribution in [0.25, 0.3) is 0 Å². The highest BCUT2D eigenvalue weighted by Crippen LogP contribution is 2.35. The van der Waals surface area contributed by atoms with Crippen molar-refractivity contribution in [2.75, 3.05) is 31.6 Å². The number of ether oxygens (including phenoxy) is 2. The van der Waals surface area contributed by atoms with Gasteiger partial charge < -0.3 is 19.7 Å². The molecule has 1 N–H and O–H groups in total.